The molecule has 1 aromatic carbocycles. The van der Waals surface area contributed by atoms with Crippen molar-refractivity contribution in [2.75, 3.05) is 14.1 Å². The van der Waals surface area contributed by atoms with Crippen molar-refractivity contribution in [1.29, 1.82) is 5.26 Å². The van der Waals surface area contributed by atoms with Gasteiger partial charge in [-0.05, 0) is 20.2 Å². The molecule has 1 atom stereocenters. The molecule has 74 valence electrons. The fourth-order valence-electron chi connectivity index (χ4n) is 1.19. The summed E-state index contributed by atoms with van der Waals surface area (Å²) in [6.07, 6.45) is 0. The van der Waals surface area contributed by atoms with E-state index in [4.69, 9.17) is 28.5 Å². The van der Waals surface area contributed by atoms with Gasteiger partial charge in [-0.1, -0.05) is 35.3 Å². The molecule has 0 saturated heterocycles. The highest BCUT2D eigenvalue weighted by Crippen LogP contribution is 2.31. The van der Waals surface area contributed by atoms with Gasteiger partial charge in [0.1, 0.15) is 6.04 Å². The Hall–Kier alpha value is -0.750. The smallest absolute Gasteiger partial charge is 0.124 e. The zero-order valence-electron chi connectivity index (χ0n) is 7.96. The van der Waals surface area contributed by atoms with Gasteiger partial charge >= 0.3 is 0 Å². The molecule has 0 aliphatic carbocycles. The van der Waals surface area contributed by atoms with E-state index in [0.29, 0.717) is 10.0 Å². The third-order valence-electron chi connectivity index (χ3n) is 1.91. The summed E-state index contributed by atoms with van der Waals surface area (Å²) in [6, 6.07) is 7.11. The number of halogens is 2. The van der Waals surface area contributed by atoms with Gasteiger partial charge in [0.25, 0.3) is 0 Å². The second kappa shape index (κ2) is 4.65. The number of nitriles is 1. The molecule has 0 aromatic heterocycles. The molecule has 4 heteroatoms. The predicted octanol–water partition coefficient (Wildman–Crippen LogP) is 3.12. The predicted molar refractivity (Wildman–Crippen MR) is 58.5 cm³/mol. The molecule has 14 heavy (non-hydrogen) atoms. The summed E-state index contributed by atoms with van der Waals surface area (Å²) in [5.41, 5.74) is 0.742. The first-order chi connectivity index (χ1) is 6.57. The maximum Gasteiger partial charge on any atom is 0.124 e. The van der Waals surface area contributed by atoms with Crippen molar-refractivity contribution < 1.29 is 0 Å². The van der Waals surface area contributed by atoms with Gasteiger partial charge in [-0.15, -0.1) is 0 Å². The first kappa shape index (κ1) is 11.3. The van der Waals surface area contributed by atoms with Gasteiger partial charge in [-0.3, -0.25) is 4.90 Å². The Morgan fingerprint density at radius 1 is 1.36 bits per heavy atom. The van der Waals surface area contributed by atoms with Crippen LogP contribution >= 0.6 is 23.2 Å². The number of benzene rings is 1. The van der Waals surface area contributed by atoms with Gasteiger partial charge < -0.3 is 0 Å². The van der Waals surface area contributed by atoms with Crippen molar-refractivity contribution in [3.63, 3.8) is 0 Å². The molecule has 0 unspecified atom stereocenters. The molecule has 1 aromatic rings. The molecule has 0 bridgehead atoms. The van der Waals surface area contributed by atoms with Crippen LogP contribution in [0.4, 0.5) is 0 Å². The topological polar surface area (TPSA) is 27.0 Å². The van der Waals surface area contributed by atoms with Crippen LogP contribution in [-0.2, 0) is 0 Å². The van der Waals surface area contributed by atoms with Crippen LogP contribution in [0, 0.1) is 11.3 Å². The monoisotopic (exact) mass is 228 g/mol. The molecule has 0 spiro atoms. The van der Waals surface area contributed by atoms with Crippen LogP contribution in [0.1, 0.15) is 11.6 Å². The lowest BCUT2D eigenvalue weighted by Gasteiger charge is -2.18. The Bertz CT molecular complexity index is 369. The van der Waals surface area contributed by atoms with Crippen molar-refractivity contribution in [2.45, 2.75) is 6.04 Å². The number of rotatable bonds is 2. The van der Waals surface area contributed by atoms with E-state index in [-0.39, 0.29) is 6.04 Å². The van der Waals surface area contributed by atoms with Crippen molar-refractivity contribution in [1.82, 2.24) is 4.90 Å². The molecule has 0 radical (unpaired) electrons. The summed E-state index contributed by atoms with van der Waals surface area (Å²) in [4.78, 5) is 1.79. The van der Waals surface area contributed by atoms with E-state index in [9.17, 15) is 0 Å². The number of hydrogen-bond acceptors (Lipinski definition) is 2. The molecular weight excluding hydrogens is 219 g/mol. The Morgan fingerprint density at radius 2 is 2.00 bits per heavy atom. The minimum atomic E-state index is -0.360. The average Bonchev–Trinajstić information content (AvgIpc) is 2.13. The van der Waals surface area contributed by atoms with E-state index in [0.717, 1.165) is 5.56 Å². The maximum absolute atomic E-state index is 8.97. The summed E-state index contributed by atoms with van der Waals surface area (Å²) in [6.45, 7) is 0. The zero-order valence-corrected chi connectivity index (χ0v) is 9.47. The molecule has 0 saturated carbocycles. The Kier molecular flexibility index (Phi) is 3.77. The van der Waals surface area contributed by atoms with Crippen LogP contribution in [0.2, 0.25) is 10.0 Å². The fourth-order valence-corrected chi connectivity index (χ4v) is 1.61. The van der Waals surface area contributed by atoms with Crippen LogP contribution in [0.3, 0.4) is 0 Å². The molecule has 0 aliphatic rings. The minimum absolute atomic E-state index is 0.360. The van der Waals surface area contributed by atoms with Crippen LogP contribution in [-0.4, -0.2) is 19.0 Å². The number of hydrogen-bond donors (Lipinski definition) is 0. The first-order valence-corrected chi connectivity index (χ1v) is 4.83. The van der Waals surface area contributed by atoms with E-state index >= 15 is 0 Å². The van der Waals surface area contributed by atoms with E-state index < -0.39 is 0 Å². The lowest BCUT2D eigenvalue weighted by atomic mass is 10.1. The SMILES string of the molecule is CN(C)[C@@H](C#N)c1cccc(Cl)c1Cl. The normalized spacial score (nSPS) is 12.6. The van der Waals surface area contributed by atoms with Crippen LogP contribution < -0.4 is 0 Å². The third kappa shape index (κ3) is 2.19. The van der Waals surface area contributed by atoms with Gasteiger partial charge in [-0.25, -0.2) is 0 Å². The van der Waals surface area contributed by atoms with E-state index in [1.165, 1.54) is 0 Å². The van der Waals surface area contributed by atoms with Crippen LogP contribution in [0.15, 0.2) is 18.2 Å². The lowest BCUT2D eigenvalue weighted by molar-refractivity contribution is 0.358. The molecule has 0 fully saturated rings. The van der Waals surface area contributed by atoms with Gasteiger partial charge in [0.05, 0.1) is 16.1 Å². The van der Waals surface area contributed by atoms with Crippen molar-refractivity contribution >= 4 is 23.2 Å². The van der Waals surface area contributed by atoms with Crippen molar-refractivity contribution in [2.24, 2.45) is 0 Å². The van der Waals surface area contributed by atoms with Gasteiger partial charge in [0.2, 0.25) is 0 Å². The Labute approximate surface area is 93.7 Å². The number of nitrogens with zero attached hydrogens (tertiary/aromatic N) is 2. The summed E-state index contributed by atoms with van der Waals surface area (Å²) in [5.74, 6) is 0. The van der Waals surface area contributed by atoms with Crippen molar-refractivity contribution in [3.8, 4) is 6.07 Å². The molecule has 0 aliphatic heterocycles. The third-order valence-corrected chi connectivity index (χ3v) is 2.75. The summed E-state index contributed by atoms with van der Waals surface area (Å²) in [5, 5.41) is 9.90. The lowest BCUT2D eigenvalue weighted by Crippen LogP contribution is -2.18. The van der Waals surface area contributed by atoms with E-state index in [2.05, 4.69) is 6.07 Å². The summed E-state index contributed by atoms with van der Waals surface area (Å²) in [7, 11) is 3.65. The second-order valence-electron chi connectivity index (χ2n) is 3.14. The highest BCUT2D eigenvalue weighted by Gasteiger charge is 2.17. The van der Waals surface area contributed by atoms with E-state index in [1.54, 1.807) is 17.0 Å². The zero-order chi connectivity index (χ0) is 10.7. The van der Waals surface area contributed by atoms with Crippen LogP contribution in [0.5, 0.6) is 0 Å². The molecule has 1 rings (SSSR count). The molecule has 0 N–H and O–H groups in total. The first-order valence-electron chi connectivity index (χ1n) is 4.08. The standard InChI is InChI=1S/C10H10Cl2N2/c1-14(2)9(6-13)7-4-3-5-8(11)10(7)12/h3-5,9H,1-2H3/t9-/m0/s1. The average molecular weight is 229 g/mol. The van der Waals surface area contributed by atoms with Crippen LogP contribution in [0.25, 0.3) is 0 Å². The minimum Gasteiger partial charge on any atom is -0.290 e. The van der Waals surface area contributed by atoms with Gasteiger partial charge in [-0.2, -0.15) is 5.26 Å². The maximum atomic E-state index is 8.97. The second-order valence-corrected chi connectivity index (χ2v) is 3.92. The fraction of sp³-hybridized carbons (Fsp3) is 0.300. The highest BCUT2D eigenvalue weighted by molar-refractivity contribution is 6.42. The van der Waals surface area contributed by atoms with E-state index in [1.807, 2.05) is 20.2 Å². The Balaban J connectivity index is 3.19. The Morgan fingerprint density at radius 3 is 2.50 bits per heavy atom. The van der Waals surface area contributed by atoms with Gasteiger partial charge in [0, 0.05) is 5.56 Å². The summed E-state index contributed by atoms with van der Waals surface area (Å²) >= 11 is 11.9. The molecule has 0 amide bonds. The largest absolute Gasteiger partial charge is 0.290 e. The molecule has 0 heterocycles. The highest BCUT2D eigenvalue weighted by atomic mass is 35.5. The molecular formula is C10H10Cl2N2. The quantitative estimate of drug-likeness (QED) is 0.778. The van der Waals surface area contributed by atoms with Gasteiger partial charge in [0.15, 0.2) is 0 Å². The van der Waals surface area contributed by atoms with Crippen molar-refractivity contribution in [3.05, 3.63) is 33.8 Å². The molecule has 2 nitrogen and oxygen atoms in total. The summed E-state index contributed by atoms with van der Waals surface area (Å²) < 4.78 is 0.